The third-order valence-electron chi connectivity index (χ3n) is 1.93. The summed E-state index contributed by atoms with van der Waals surface area (Å²) in [6, 6.07) is 8.04. The van der Waals surface area contributed by atoms with Crippen molar-refractivity contribution in [3.8, 4) is 0 Å². The van der Waals surface area contributed by atoms with Crippen molar-refractivity contribution in [1.82, 2.24) is 5.32 Å². The molecule has 1 aromatic carbocycles. The molecule has 4 heteroatoms. The standard InChI is InChI=1S/C12H14BrNOS/c1-9-5-3-4-6-11(9)16-8-12(15)14-7-10(2)13/h3-6H,2,7-8H2,1H3,(H,14,15). The number of nitrogens with one attached hydrogen (secondary N) is 1. The third kappa shape index (κ3) is 4.86. The molecule has 0 bridgehead atoms. The minimum Gasteiger partial charge on any atom is -0.351 e. The molecule has 86 valence electrons. The van der Waals surface area contributed by atoms with Crippen molar-refractivity contribution in [2.75, 3.05) is 12.3 Å². The van der Waals surface area contributed by atoms with E-state index in [-0.39, 0.29) is 5.91 Å². The van der Waals surface area contributed by atoms with Gasteiger partial charge in [-0.3, -0.25) is 4.79 Å². The van der Waals surface area contributed by atoms with Gasteiger partial charge in [0.05, 0.1) is 5.75 Å². The first-order valence-corrected chi connectivity index (χ1v) is 6.66. The summed E-state index contributed by atoms with van der Waals surface area (Å²) in [5.41, 5.74) is 1.20. The quantitative estimate of drug-likeness (QED) is 0.847. The van der Waals surface area contributed by atoms with Gasteiger partial charge in [0, 0.05) is 15.9 Å². The minimum atomic E-state index is 0.0221. The first kappa shape index (κ1) is 13.3. The van der Waals surface area contributed by atoms with E-state index in [0.29, 0.717) is 12.3 Å². The summed E-state index contributed by atoms with van der Waals surface area (Å²) in [5, 5.41) is 2.77. The lowest BCUT2D eigenvalue weighted by molar-refractivity contribution is -0.118. The molecule has 0 radical (unpaired) electrons. The smallest absolute Gasteiger partial charge is 0.230 e. The van der Waals surface area contributed by atoms with Crippen LogP contribution in [0, 0.1) is 6.92 Å². The number of hydrogen-bond acceptors (Lipinski definition) is 2. The molecule has 0 aromatic heterocycles. The lowest BCUT2D eigenvalue weighted by Gasteiger charge is -2.05. The minimum absolute atomic E-state index is 0.0221. The fourth-order valence-corrected chi connectivity index (χ4v) is 2.11. The number of halogens is 1. The van der Waals surface area contributed by atoms with Crippen LogP contribution in [0.3, 0.4) is 0 Å². The van der Waals surface area contributed by atoms with E-state index in [4.69, 9.17) is 0 Å². The highest BCUT2D eigenvalue weighted by Crippen LogP contribution is 2.21. The van der Waals surface area contributed by atoms with E-state index in [1.807, 2.05) is 31.2 Å². The van der Waals surface area contributed by atoms with Crippen molar-refractivity contribution in [1.29, 1.82) is 0 Å². The van der Waals surface area contributed by atoms with Gasteiger partial charge in [-0.05, 0) is 18.6 Å². The van der Waals surface area contributed by atoms with Crippen LogP contribution in [0.1, 0.15) is 5.56 Å². The van der Waals surface area contributed by atoms with Gasteiger partial charge in [-0.25, -0.2) is 0 Å². The summed E-state index contributed by atoms with van der Waals surface area (Å²) in [7, 11) is 0. The molecule has 1 rings (SSSR count). The summed E-state index contributed by atoms with van der Waals surface area (Å²) in [6.45, 7) is 6.18. The van der Waals surface area contributed by atoms with Gasteiger partial charge in [0.1, 0.15) is 0 Å². The Balaban J connectivity index is 2.37. The molecular weight excluding hydrogens is 286 g/mol. The number of benzene rings is 1. The van der Waals surface area contributed by atoms with E-state index >= 15 is 0 Å². The number of carbonyl (C=O) groups excluding carboxylic acids is 1. The molecule has 0 saturated carbocycles. The first-order valence-electron chi connectivity index (χ1n) is 4.88. The predicted molar refractivity (Wildman–Crippen MR) is 73.0 cm³/mol. The summed E-state index contributed by atoms with van der Waals surface area (Å²) >= 11 is 4.74. The molecule has 0 heterocycles. The molecule has 16 heavy (non-hydrogen) atoms. The summed E-state index contributed by atoms with van der Waals surface area (Å²) in [6.07, 6.45) is 0. The zero-order valence-electron chi connectivity index (χ0n) is 9.13. The Morgan fingerprint density at radius 2 is 2.19 bits per heavy atom. The van der Waals surface area contributed by atoms with Gasteiger partial charge in [0.15, 0.2) is 0 Å². The van der Waals surface area contributed by atoms with Gasteiger partial charge < -0.3 is 5.32 Å². The van der Waals surface area contributed by atoms with E-state index in [1.54, 1.807) is 11.8 Å². The molecule has 1 N–H and O–H groups in total. The number of thioether (sulfide) groups is 1. The second-order valence-electron chi connectivity index (χ2n) is 3.35. The summed E-state index contributed by atoms with van der Waals surface area (Å²) < 4.78 is 0.779. The normalized spacial score (nSPS) is 9.88. The summed E-state index contributed by atoms with van der Waals surface area (Å²) in [5.74, 6) is 0.458. The van der Waals surface area contributed by atoms with Crippen molar-refractivity contribution in [2.24, 2.45) is 0 Å². The number of amides is 1. The molecule has 0 aliphatic rings. The van der Waals surface area contributed by atoms with Crippen LogP contribution in [0.5, 0.6) is 0 Å². The molecule has 1 aromatic rings. The van der Waals surface area contributed by atoms with Gasteiger partial charge >= 0.3 is 0 Å². The fourth-order valence-electron chi connectivity index (χ4n) is 1.11. The van der Waals surface area contributed by atoms with Crippen LogP contribution in [0.15, 0.2) is 40.2 Å². The van der Waals surface area contributed by atoms with Gasteiger partial charge in [0.2, 0.25) is 5.91 Å². The molecule has 0 aliphatic heterocycles. The Morgan fingerprint density at radius 1 is 1.50 bits per heavy atom. The molecule has 0 aliphatic carbocycles. The van der Waals surface area contributed by atoms with Gasteiger partial charge in [0.25, 0.3) is 0 Å². The molecule has 2 nitrogen and oxygen atoms in total. The predicted octanol–water partition coefficient (Wildman–Crippen LogP) is 3.11. The molecule has 0 atom stereocenters. The highest BCUT2D eigenvalue weighted by atomic mass is 79.9. The van der Waals surface area contributed by atoms with E-state index in [1.165, 1.54) is 5.56 Å². The Hall–Kier alpha value is -0.740. The van der Waals surface area contributed by atoms with Crippen molar-refractivity contribution in [3.63, 3.8) is 0 Å². The number of hydrogen-bond donors (Lipinski definition) is 1. The lowest BCUT2D eigenvalue weighted by Crippen LogP contribution is -2.26. The van der Waals surface area contributed by atoms with Crippen LogP contribution >= 0.6 is 27.7 Å². The van der Waals surface area contributed by atoms with Gasteiger partial charge in [-0.2, -0.15) is 0 Å². The van der Waals surface area contributed by atoms with Crippen molar-refractivity contribution in [3.05, 3.63) is 40.9 Å². The molecule has 0 saturated heterocycles. The fraction of sp³-hybridized carbons (Fsp3) is 0.250. The Morgan fingerprint density at radius 3 is 2.81 bits per heavy atom. The maximum Gasteiger partial charge on any atom is 0.230 e. The first-order chi connectivity index (χ1) is 7.59. The van der Waals surface area contributed by atoms with Crippen LogP contribution in [0.2, 0.25) is 0 Å². The maximum absolute atomic E-state index is 11.4. The zero-order chi connectivity index (χ0) is 12.0. The Bertz CT molecular complexity index is 392. The van der Waals surface area contributed by atoms with Gasteiger partial charge in [-0.15, -0.1) is 11.8 Å². The Labute approximate surface area is 109 Å². The summed E-state index contributed by atoms with van der Waals surface area (Å²) in [4.78, 5) is 12.6. The topological polar surface area (TPSA) is 29.1 Å². The van der Waals surface area contributed by atoms with Crippen LogP contribution < -0.4 is 5.32 Å². The molecule has 0 fully saturated rings. The monoisotopic (exact) mass is 299 g/mol. The SMILES string of the molecule is C=C(Br)CNC(=O)CSc1ccccc1C. The second-order valence-corrected chi connectivity index (χ2v) is 5.49. The van der Waals surface area contributed by atoms with Crippen LogP contribution in [0.25, 0.3) is 0 Å². The van der Waals surface area contributed by atoms with E-state index in [9.17, 15) is 4.79 Å². The zero-order valence-corrected chi connectivity index (χ0v) is 11.5. The number of aryl methyl sites for hydroxylation is 1. The molecule has 1 amide bonds. The van der Waals surface area contributed by atoms with Crippen molar-refractivity contribution >= 4 is 33.6 Å². The van der Waals surface area contributed by atoms with Crippen LogP contribution in [0.4, 0.5) is 0 Å². The van der Waals surface area contributed by atoms with Crippen molar-refractivity contribution in [2.45, 2.75) is 11.8 Å². The lowest BCUT2D eigenvalue weighted by atomic mass is 10.2. The molecule has 0 unspecified atom stereocenters. The number of carbonyl (C=O) groups is 1. The van der Waals surface area contributed by atoms with E-state index in [0.717, 1.165) is 9.38 Å². The Kier molecular flexibility index (Phi) is 5.63. The van der Waals surface area contributed by atoms with Crippen molar-refractivity contribution < 1.29 is 4.79 Å². The van der Waals surface area contributed by atoms with Gasteiger partial charge in [-0.1, -0.05) is 40.7 Å². The molecule has 0 spiro atoms. The highest BCUT2D eigenvalue weighted by Gasteiger charge is 2.03. The average molecular weight is 300 g/mol. The van der Waals surface area contributed by atoms with E-state index in [2.05, 4.69) is 27.8 Å². The third-order valence-corrected chi connectivity index (χ3v) is 3.39. The second kappa shape index (κ2) is 6.76. The number of rotatable bonds is 5. The van der Waals surface area contributed by atoms with Crippen LogP contribution in [-0.4, -0.2) is 18.2 Å². The maximum atomic E-state index is 11.4. The largest absolute Gasteiger partial charge is 0.351 e. The molecular formula is C12H14BrNOS. The van der Waals surface area contributed by atoms with Crippen LogP contribution in [-0.2, 0) is 4.79 Å². The highest BCUT2D eigenvalue weighted by molar-refractivity contribution is 9.11. The van der Waals surface area contributed by atoms with E-state index < -0.39 is 0 Å². The average Bonchev–Trinajstić information content (AvgIpc) is 2.25.